The number of aliphatic carboxylic acids is 1. The molecule has 2 rings (SSSR count). The Morgan fingerprint density at radius 1 is 1.42 bits per heavy atom. The van der Waals surface area contributed by atoms with Crippen LogP contribution in [0.4, 0.5) is 5.69 Å². The molecule has 0 saturated carbocycles. The SMILES string of the molecule is O=C(O)C(O)C(O)c1[nH]nc2c([N+](=O)[O-])cccc12. The summed E-state index contributed by atoms with van der Waals surface area (Å²) in [4.78, 5) is 20.7. The first-order valence-electron chi connectivity index (χ1n) is 5.13. The molecule has 0 aliphatic rings. The quantitative estimate of drug-likeness (QED) is 0.448. The molecule has 100 valence electrons. The number of aromatic amines is 1. The molecule has 0 spiro atoms. The van der Waals surface area contributed by atoms with Gasteiger partial charge in [0.2, 0.25) is 0 Å². The van der Waals surface area contributed by atoms with E-state index in [1.165, 1.54) is 18.2 Å². The summed E-state index contributed by atoms with van der Waals surface area (Å²) in [7, 11) is 0. The number of hydrogen-bond donors (Lipinski definition) is 4. The topological polar surface area (TPSA) is 150 Å². The van der Waals surface area contributed by atoms with Crippen LogP contribution in [0.2, 0.25) is 0 Å². The number of non-ortho nitro benzene ring substituents is 1. The standard InChI is InChI=1S/C10H9N3O6/c14-8(9(15)10(16)17)7-4-2-1-3-5(13(18)19)6(4)11-12-7/h1-3,8-9,14-15H,(H,11,12)(H,16,17). The summed E-state index contributed by atoms with van der Waals surface area (Å²) in [6, 6.07) is 4.03. The fourth-order valence-corrected chi connectivity index (χ4v) is 1.71. The highest BCUT2D eigenvalue weighted by atomic mass is 16.6. The number of aliphatic hydroxyl groups excluding tert-OH is 2. The van der Waals surface area contributed by atoms with E-state index in [2.05, 4.69) is 10.2 Å². The number of aromatic nitrogens is 2. The molecule has 0 fully saturated rings. The second-order valence-electron chi connectivity index (χ2n) is 3.80. The number of nitrogens with one attached hydrogen (secondary N) is 1. The third kappa shape index (κ3) is 2.11. The van der Waals surface area contributed by atoms with Crippen LogP contribution in [0.25, 0.3) is 10.9 Å². The molecule has 0 amide bonds. The number of nitrogens with zero attached hydrogens (tertiary/aromatic N) is 2. The van der Waals surface area contributed by atoms with Gasteiger partial charge in [0.1, 0.15) is 6.10 Å². The molecule has 2 atom stereocenters. The Labute approximate surface area is 105 Å². The lowest BCUT2D eigenvalue weighted by atomic mass is 10.1. The van der Waals surface area contributed by atoms with Gasteiger partial charge in [-0.3, -0.25) is 15.2 Å². The third-order valence-corrected chi connectivity index (χ3v) is 2.64. The van der Waals surface area contributed by atoms with Crippen LogP contribution in [0.15, 0.2) is 18.2 Å². The Hall–Kier alpha value is -2.52. The first kappa shape index (κ1) is 12.9. The van der Waals surface area contributed by atoms with Crippen molar-refractivity contribution in [2.24, 2.45) is 0 Å². The van der Waals surface area contributed by atoms with E-state index in [4.69, 9.17) is 5.11 Å². The number of benzene rings is 1. The zero-order valence-corrected chi connectivity index (χ0v) is 9.35. The predicted octanol–water partition coefficient (Wildman–Crippen LogP) is -0.0500. The van der Waals surface area contributed by atoms with Gasteiger partial charge < -0.3 is 15.3 Å². The molecule has 2 unspecified atom stereocenters. The van der Waals surface area contributed by atoms with Crippen molar-refractivity contribution in [1.82, 2.24) is 10.2 Å². The van der Waals surface area contributed by atoms with E-state index in [-0.39, 0.29) is 22.3 Å². The first-order chi connectivity index (χ1) is 8.93. The van der Waals surface area contributed by atoms with E-state index in [1.54, 1.807) is 0 Å². The maximum Gasteiger partial charge on any atom is 0.335 e. The summed E-state index contributed by atoms with van der Waals surface area (Å²) in [5.74, 6) is -1.61. The number of carboxylic acids is 1. The second kappa shape index (κ2) is 4.63. The van der Waals surface area contributed by atoms with Gasteiger partial charge in [-0.25, -0.2) is 4.79 Å². The summed E-state index contributed by atoms with van der Waals surface area (Å²) < 4.78 is 0. The average Bonchev–Trinajstić information content (AvgIpc) is 2.80. The van der Waals surface area contributed by atoms with Crippen LogP contribution in [-0.2, 0) is 4.79 Å². The molecular weight excluding hydrogens is 258 g/mol. The van der Waals surface area contributed by atoms with Gasteiger partial charge in [0, 0.05) is 11.5 Å². The maximum atomic E-state index is 10.8. The van der Waals surface area contributed by atoms with Crippen LogP contribution in [0.3, 0.4) is 0 Å². The number of para-hydroxylation sites is 1. The molecule has 0 saturated heterocycles. The highest BCUT2D eigenvalue weighted by molar-refractivity contribution is 5.89. The number of fused-ring (bicyclic) bond motifs is 1. The highest BCUT2D eigenvalue weighted by Crippen LogP contribution is 2.29. The monoisotopic (exact) mass is 267 g/mol. The van der Waals surface area contributed by atoms with Crippen LogP contribution < -0.4 is 0 Å². The lowest BCUT2D eigenvalue weighted by Crippen LogP contribution is -2.27. The van der Waals surface area contributed by atoms with Gasteiger partial charge in [-0.15, -0.1) is 0 Å². The van der Waals surface area contributed by atoms with Crippen molar-refractivity contribution in [1.29, 1.82) is 0 Å². The molecule has 19 heavy (non-hydrogen) atoms. The summed E-state index contributed by atoms with van der Waals surface area (Å²) in [5, 5.41) is 44.5. The zero-order chi connectivity index (χ0) is 14.2. The normalized spacial score (nSPS) is 14.2. The van der Waals surface area contributed by atoms with Crippen LogP contribution in [-0.4, -0.2) is 42.5 Å². The molecule has 2 aromatic rings. The predicted molar refractivity (Wildman–Crippen MR) is 61.4 cm³/mol. The number of carboxylic acid groups (broad SMARTS) is 1. The molecule has 4 N–H and O–H groups in total. The first-order valence-corrected chi connectivity index (χ1v) is 5.13. The van der Waals surface area contributed by atoms with Crippen molar-refractivity contribution in [3.05, 3.63) is 34.0 Å². The fraction of sp³-hybridized carbons (Fsp3) is 0.200. The molecule has 1 aromatic heterocycles. The maximum absolute atomic E-state index is 10.8. The van der Waals surface area contributed by atoms with Crippen LogP contribution in [0.1, 0.15) is 11.8 Å². The molecule has 0 bridgehead atoms. The van der Waals surface area contributed by atoms with Crippen LogP contribution >= 0.6 is 0 Å². The second-order valence-corrected chi connectivity index (χ2v) is 3.80. The molecule has 1 heterocycles. The smallest absolute Gasteiger partial charge is 0.335 e. The van der Waals surface area contributed by atoms with Crippen molar-refractivity contribution in [2.75, 3.05) is 0 Å². The molecule has 0 aliphatic carbocycles. The zero-order valence-electron chi connectivity index (χ0n) is 9.35. The minimum absolute atomic E-state index is 0.0147. The molecule has 1 aromatic carbocycles. The van der Waals surface area contributed by atoms with Crippen LogP contribution in [0.5, 0.6) is 0 Å². The van der Waals surface area contributed by atoms with Crippen molar-refractivity contribution >= 4 is 22.6 Å². The van der Waals surface area contributed by atoms with Gasteiger partial charge in [-0.2, -0.15) is 5.10 Å². The highest BCUT2D eigenvalue weighted by Gasteiger charge is 2.29. The van der Waals surface area contributed by atoms with Gasteiger partial charge in [-0.05, 0) is 0 Å². The summed E-state index contributed by atoms with van der Waals surface area (Å²) in [5.41, 5.74) is -0.384. The number of aliphatic hydroxyl groups is 2. The summed E-state index contributed by atoms with van der Waals surface area (Å²) >= 11 is 0. The van der Waals surface area contributed by atoms with Crippen LogP contribution in [0, 0.1) is 10.1 Å². The van der Waals surface area contributed by atoms with E-state index in [0.717, 1.165) is 0 Å². The van der Waals surface area contributed by atoms with Gasteiger partial charge in [-0.1, -0.05) is 12.1 Å². The number of carbonyl (C=O) groups is 1. The van der Waals surface area contributed by atoms with Gasteiger partial charge >= 0.3 is 5.97 Å². The average molecular weight is 267 g/mol. The lowest BCUT2D eigenvalue weighted by Gasteiger charge is -2.12. The van der Waals surface area contributed by atoms with E-state index in [0.29, 0.717) is 0 Å². The largest absolute Gasteiger partial charge is 0.479 e. The summed E-state index contributed by atoms with van der Waals surface area (Å²) in [6.45, 7) is 0. The van der Waals surface area contributed by atoms with Gasteiger partial charge in [0.15, 0.2) is 11.6 Å². The summed E-state index contributed by atoms with van der Waals surface area (Å²) in [6.07, 6.45) is -3.81. The van der Waals surface area contributed by atoms with Gasteiger partial charge in [0.05, 0.1) is 10.6 Å². The van der Waals surface area contributed by atoms with Crippen molar-refractivity contribution in [3.8, 4) is 0 Å². The Kier molecular flexibility index (Phi) is 3.15. The number of nitro benzene ring substituents is 1. The minimum Gasteiger partial charge on any atom is -0.479 e. The minimum atomic E-state index is -2.05. The number of hydrogen-bond acceptors (Lipinski definition) is 6. The Morgan fingerprint density at radius 3 is 2.68 bits per heavy atom. The van der Waals surface area contributed by atoms with E-state index in [9.17, 15) is 25.1 Å². The molecular formula is C10H9N3O6. The van der Waals surface area contributed by atoms with E-state index < -0.39 is 23.1 Å². The van der Waals surface area contributed by atoms with Crippen molar-refractivity contribution in [3.63, 3.8) is 0 Å². The van der Waals surface area contributed by atoms with E-state index in [1.807, 2.05) is 0 Å². The number of nitro groups is 1. The molecule has 0 aliphatic heterocycles. The number of H-pyrrole nitrogens is 1. The van der Waals surface area contributed by atoms with Crippen molar-refractivity contribution in [2.45, 2.75) is 12.2 Å². The molecule has 0 radical (unpaired) electrons. The Bertz CT molecular complexity index is 652. The van der Waals surface area contributed by atoms with E-state index >= 15 is 0 Å². The lowest BCUT2D eigenvalue weighted by molar-refractivity contribution is -0.383. The molecule has 9 nitrogen and oxygen atoms in total. The molecule has 9 heteroatoms. The van der Waals surface area contributed by atoms with Gasteiger partial charge in [0.25, 0.3) is 5.69 Å². The fourth-order valence-electron chi connectivity index (χ4n) is 1.71. The van der Waals surface area contributed by atoms with Crippen molar-refractivity contribution < 1.29 is 25.0 Å². The Morgan fingerprint density at radius 2 is 2.11 bits per heavy atom. The number of rotatable bonds is 4. The third-order valence-electron chi connectivity index (χ3n) is 2.64. The Balaban J connectivity index is 2.55.